The van der Waals surface area contributed by atoms with Gasteiger partial charge in [-0.05, 0) is 24.3 Å². The van der Waals surface area contributed by atoms with Gasteiger partial charge in [0.1, 0.15) is 6.61 Å². The summed E-state index contributed by atoms with van der Waals surface area (Å²) < 4.78 is 5.78. The van der Waals surface area contributed by atoms with Crippen LogP contribution >= 0.6 is 0 Å². The zero-order chi connectivity index (χ0) is 12.8. The minimum Gasteiger partial charge on any atom is -0.370 e. The van der Waals surface area contributed by atoms with Gasteiger partial charge in [-0.15, -0.1) is 0 Å². The standard InChI is InChI=1S/C16H22O2/c1-13-7-5-6-10-16(13)18-12-15(17)11-14-8-3-2-4-9-14/h2-4,8-9,13,16H,5-7,10-12H2,1H3. The maximum Gasteiger partial charge on any atom is 0.162 e. The number of benzene rings is 1. The van der Waals surface area contributed by atoms with Gasteiger partial charge in [0, 0.05) is 6.42 Å². The highest BCUT2D eigenvalue weighted by Crippen LogP contribution is 2.26. The van der Waals surface area contributed by atoms with Gasteiger partial charge in [-0.2, -0.15) is 0 Å². The first kappa shape index (κ1) is 13.3. The van der Waals surface area contributed by atoms with Crippen molar-refractivity contribution in [3.63, 3.8) is 0 Å². The summed E-state index contributed by atoms with van der Waals surface area (Å²) in [6.07, 6.45) is 5.67. The molecule has 2 heteroatoms. The van der Waals surface area contributed by atoms with E-state index in [1.165, 1.54) is 19.3 Å². The van der Waals surface area contributed by atoms with E-state index in [1.54, 1.807) is 0 Å². The topological polar surface area (TPSA) is 26.3 Å². The van der Waals surface area contributed by atoms with Gasteiger partial charge in [0.15, 0.2) is 5.78 Å². The number of hydrogen-bond acceptors (Lipinski definition) is 2. The number of ketones is 1. The summed E-state index contributed by atoms with van der Waals surface area (Å²) in [5, 5.41) is 0. The van der Waals surface area contributed by atoms with E-state index < -0.39 is 0 Å². The van der Waals surface area contributed by atoms with Gasteiger partial charge >= 0.3 is 0 Å². The fourth-order valence-electron chi connectivity index (χ4n) is 2.60. The number of rotatable bonds is 5. The maximum atomic E-state index is 11.8. The van der Waals surface area contributed by atoms with Gasteiger partial charge in [-0.25, -0.2) is 0 Å². The van der Waals surface area contributed by atoms with Crippen LogP contribution in [-0.2, 0) is 16.0 Å². The smallest absolute Gasteiger partial charge is 0.162 e. The normalized spacial score (nSPS) is 23.8. The molecule has 0 spiro atoms. The fraction of sp³-hybridized carbons (Fsp3) is 0.562. The maximum absolute atomic E-state index is 11.8. The van der Waals surface area contributed by atoms with Crippen molar-refractivity contribution in [3.05, 3.63) is 35.9 Å². The Hall–Kier alpha value is -1.15. The molecule has 0 heterocycles. The van der Waals surface area contributed by atoms with E-state index in [0.717, 1.165) is 12.0 Å². The Morgan fingerprint density at radius 2 is 1.94 bits per heavy atom. The van der Waals surface area contributed by atoms with Crippen LogP contribution in [0.25, 0.3) is 0 Å². The molecule has 0 saturated heterocycles. The molecule has 1 aliphatic carbocycles. The summed E-state index contributed by atoms with van der Waals surface area (Å²) in [5.74, 6) is 0.780. The summed E-state index contributed by atoms with van der Waals surface area (Å²) in [5.41, 5.74) is 1.07. The van der Waals surface area contributed by atoms with E-state index in [9.17, 15) is 4.79 Å². The SMILES string of the molecule is CC1CCCCC1OCC(=O)Cc1ccccc1. The lowest BCUT2D eigenvalue weighted by Gasteiger charge is -2.28. The predicted molar refractivity (Wildman–Crippen MR) is 72.5 cm³/mol. The molecule has 18 heavy (non-hydrogen) atoms. The third-order valence-corrected chi connectivity index (χ3v) is 3.74. The molecule has 0 N–H and O–H groups in total. The lowest BCUT2D eigenvalue weighted by molar-refractivity contribution is -0.126. The van der Waals surface area contributed by atoms with E-state index in [1.807, 2.05) is 30.3 Å². The molecule has 0 radical (unpaired) electrons. The van der Waals surface area contributed by atoms with Crippen LogP contribution in [0, 0.1) is 5.92 Å². The van der Waals surface area contributed by atoms with Gasteiger partial charge in [-0.1, -0.05) is 50.1 Å². The second kappa shape index (κ2) is 6.69. The molecule has 1 saturated carbocycles. The summed E-state index contributed by atoms with van der Waals surface area (Å²) >= 11 is 0. The molecule has 1 aromatic rings. The molecule has 2 unspecified atom stereocenters. The number of carbonyl (C=O) groups is 1. The molecular formula is C16H22O2. The summed E-state index contributed by atoms with van der Waals surface area (Å²) in [7, 11) is 0. The Morgan fingerprint density at radius 3 is 2.67 bits per heavy atom. The Kier molecular flexibility index (Phi) is 4.94. The van der Waals surface area contributed by atoms with E-state index >= 15 is 0 Å². The number of carbonyl (C=O) groups excluding carboxylic acids is 1. The predicted octanol–water partition coefficient (Wildman–Crippen LogP) is 3.39. The van der Waals surface area contributed by atoms with Gasteiger partial charge < -0.3 is 4.74 Å². The Bertz CT molecular complexity index is 372. The second-order valence-electron chi connectivity index (χ2n) is 5.31. The van der Waals surface area contributed by atoms with Crippen LogP contribution in [0.1, 0.15) is 38.2 Å². The monoisotopic (exact) mass is 246 g/mol. The van der Waals surface area contributed by atoms with Gasteiger partial charge in [0.25, 0.3) is 0 Å². The Balaban J connectivity index is 1.74. The van der Waals surface area contributed by atoms with Gasteiger partial charge in [-0.3, -0.25) is 4.79 Å². The summed E-state index contributed by atoms with van der Waals surface area (Å²) in [4.78, 5) is 11.8. The molecule has 1 fully saturated rings. The van der Waals surface area contributed by atoms with Crippen molar-refractivity contribution in [3.8, 4) is 0 Å². The van der Waals surface area contributed by atoms with Crippen molar-refractivity contribution in [2.45, 2.75) is 45.1 Å². The van der Waals surface area contributed by atoms with Crippen LogP contribution in [0.3, 0.4) is 0 Å². The lowest BCUT2D eigenvalue weighted by Crippen LogP contribution is -2.28. The van der Waals surface area contributed by atoms with Crippen LogP contribution in [0.5, 0.6) is 0 Å². The zero-order valence-corrected chi connectivity index (χ0v) is 11.1. The van der Waals surface area contributed by atoms with E-state index in [-0.39, 0.29) is 12.4 Å². The molecule has 1 aromatic carbocycles. The highest BCUT2D eigenvalue weighted by atomic mass is 16.5. The molecule has 0 aromatic heterocycles. The van der Waals surface area contributed by atoms with Gasteiger partial charge in [0.05, 0.1) is 6.10 Å². The largest absolute Gasteiger partial charge is 0.370 e. The summed E-state index contributed by atoms with van der Waals surface area (Å²) in [6, 6.07) is 9.87. The average molecular weight is 246 g/mol. The third kappa shape index (κ3) is 3.95. The van der Waals surface area contributed by atoms with Crippen LogP contribution in [-0.4, -0.2) is 18.5 Å². The first-order valence-electron chi connectivity index (χ1n) is 6.93. The molecule has 0 bridgehead atoms. The fourth-order valence-corrected chi connectivity index (χ4v) is 2.60. The molecule has 2 rings (SSSR count). The molecule has 0 aliphatic heterocycles. The zero-order valence-electron chi connectivity index (χ0n) is 11.1. The molecule has 2 nitrogen and oxygen atoms in total. The molecule has 98 valence electrons. The quantitative estimate of drug-likeness (QED) is 0.796. The van der Waals surface area contributed by atoms with Crippen molar-refractivity contribution in [1.82, 2.24) is 0 Å². The molecule has 2 atom stereocenters. The van der Waals surface area contributed by atoms with Crippen LogP contribution in [0.15, 0.2) is 30.3 Å². The Labute approximate surface area is 109 Å². The minimum atomic E-state index is 0.180. The first-order chi connectivity index (χ1) is 8.75. The summed E-state index contributed by atoms with van der Waals surface area (Å²) in [6.45, 7) is 2.50. The lowest BCUT2D eigenvalue weighted by atomic mass is 9.88. The van der Waals surface area contributed by atoms with E-state index in [2.05, 4.69) is 6.92 Å². The highest BCUT2D eigenvalue weighted by Gasteiger charge is 2.22. The minimum absolute atomic E-state index is 0.180. The van der Waals surface area contributed by atoms with Crippen LogP contribution in [0.4, 0.5) is 0 Å². The van der Waals surface area contributed by atoms with Crippen molar-refractivity contribution in [2.24, 2.45) is 5.92 Å². The second-order valence-corrected chi connectivity index (χ2v) is 5.31. The average Bonchev–Trinajstić information content (AvgIpc) is 2.39. The molecular weight excluding hydrogens is 224 g/mol. The van der Waals surface area contributed by atoms with Crippen molar-refractivity contribution < 1.29 is 9.53 Å². The molecule has 1 aliphatic rings. The number of hydrogen-bond donors (Lipinski definition) is 0. The third-order valence-electron chi connectivity index (χ3n) is 3.74. The molecule has 0 amide bonds. The van der Waals surface area contributed by atoms with E-state index in [0.29, 0.717) is 18.4 Å². The van der Waals surface area contributed by atoms with Crippen molar-refractivity contribution in [1.29, 1.82) is 0 Å². The van der Waals surface area contributed by atoms with E-state index in [4.69, 9.17) is 4.74 Å². The Morgan fingerprint density at radius 1 is 1.22 bits per heavy atom. The highest BCUT2D eigenvalue weighted by molar-refractivity contribution is 5.82. The van der Waals surface area contributed by atoms with Gasteiger partial charge in [0.2, 0.25) is 0 Å². The van der Waals surface area contributed by atoms with Crippen LogP contribution in [0.2, 0.25) is 0 Å². The van der Waals surface area contributed by atoms with Crippen LogP contribution < -0.4 is 0 Å². The van der Waals surface area contributed by atoms with Crippen molar-refractivity contribution in [2.75, 3.05) is 6.61 Å². The van der Waals surface area contributed by atoms with Crippen molar-refractivity contribution >= 4 is 5.78 Å². The number of Topliss-reactive ketones (excluding diaryl/α,β-unsaturated/α-hetero) is 1. The number of ether oxygens (including phenoxy) is 1. The first-order valence-corrected chi connectivity index (χ1v) is 6.93.